The smallest absolute Gasteiger partial charge is 0.303 e. The Morgan fingerprint density at radius 1 is 0.823 bits per heavy atom. The van der Waals surface area contributed by atoms with Gasteiger partial charge in [0.15, 0.2) is 5.71 Å². The summed E-state index contributed by atoms with van der Waals surface area (Å²) in [6.07, 6.45) is 11.3. The number of sulfonamides is 1. The molecule has 0 radical (unpaired) electrons. The molecule has 62 heavy (non-hydrogen) atoms. The van der Waals surface area contributed by atoms with Gasteiger partial charge in [-0.15, -0.1) is 11.8 Å². The maximum absolute atomic E-state index is 13.6. The first-order valence-electron chi connectivity index (χ1n) is 19.7. The van der Waals surface area contributed by atoms with E-state index in [1.54, 1.807) is 30.0 Å². The number of benzene rings is 2. The molecule has 2 aliphatic heterocycles. The second-order valence-corrected chi connectivity index (χ2v) is 23.9. The number of aliphatic carboxylic acids is 1. The van der Waals surface area contributed by atoms with Crippen molar-refractivity contribution < 1.29 is 61.8 Å². The van der Waals surface area contributed by atoms with Gasteiger partial charge in [0.25, 0.3) is 30.4 Å². The number of thioether (sulfide) groups is 1. The van der Waals surface area contributed by atoms with Crippen LogP contribution in [0, 0.1) is 0 Å². The lowest BCUT2D eigenvalue weighted by Crippen LogP contribution is -2.30. The van der Waals surface area contributed by atoms with Crippen LogP contribution in [-0.2, 0) is 56.0 Å². The van der Waals surface area contributed by atoms with Gasteiger partial charge < -0.3 is 10.0 Å². The van der Waals surface area contributed by atoms with Gasteiger partial charge in [0.2, 0.25) is 15.7 Å². The number of allylic oxidation sites excluding steroid dienone is 7. The fraction of sp³-hybridized carbons (Fsp3) is 0.463. The number of fused-ring (bicyclic) bond motifs is 2. The highest BCUT2D eigenvalue weighted by Gasteiger charge is 2.45. The quantitative estimate of drug-likeness (QED) is 0.0943. The van der Waals surface area contributed by atoms with Crippen LogP contribution in [0.2, 0.25) is 0 Å². The molecule has 0 aromatic heterocycles. The van der Waals surface area contributed by atoms with Gasteiger partial charge in [-0.25, -0.2) is 12.7 Å². The number of carboxylic acids is 1. The van der Waals surface area contributed by atoms with Crippen molar-refractivity contribution in [1.29, 1.82) is 0 Å². The van der Waals surface area contributed by atoms with Gasteiger partial charge in [-0.2, -0.15) is 29.8 Å². The molecule has 5 rings (SSSR count). The molecule has 21 heteroatoms. The second-order valence-electron chi connectivity index (χ2n) is 16.5. The maximum atomic E-state index is 13.6. The number of carbonyl (C=O) groups is 1. The predicted octanol–water partition coefficient (Wildman–Crippen LogP) is 5.93. The Labute approximate surface area is 369 Å². The standard InChI is InChI=1S/C41H53N3O13S5/c1-40(2)32-26-30(61(53,54)42(5)21-7-10-38(45)46)15-17-34(32)43(22-8-24-59(47,48)49)36(40)19-13-28-11-12-29(39(28)58-6)14-20-37-41(3,4)33-27-31(62(55,56)57)16-18-35(33)44(37)23-9-25-60(50,51)52/h13-20,26-27H,7-12,21-25H2,1-6H3,(H3-,45,46,47,48,49,50,51,52,55,56,57)/p+1. The third-order valence-corrected chi connectivity index (χ3v) is 16.7. The second kappa shape index (κ2) is 18.4. The monoisotopic (exact) mass is 956 g/mol. The lowest BCUT2D eigenvalue weighted by atomic mass is 9.81. The fourth-order valence-corrected chi connectivity index (χ4v) is 11.9. The molecule has 0 saturated heterocycles. The number of carboxylic acid groups (broad SMARTS) is 1. The van der Waals surface area contributed by atoms with E-state index in [4.69, 9.17) is 5.11 Å². The van der Waals surface area contributed by atoms with Crippen molar-refractivity contribution in [1.82, 2.24) is 4.31 Å². The molecule has 0 saturated carbocycles. The normalized spacial score (nSPS) is 19.2. The fourth-order valence-electron chi connectivity index (χ4n) is 8.32. The molecule has 16 nitrogen and oxygen atoms in total. The molecule has 2 heterocycles. The highest BCUT2D eigenvalue weighted by atomic mass is 32.2. The first-order chi connectivity index (χ1) is 28.6. The Morgan fingerprint density at radius 2 is 1.45 bits per heavy atom. The van der Waals surface area contributed by atoms with E-state index >= 15 is 0 Å². The predicted molar refractivity (Wildman–Crippen MR) is 240 cm³/mol. The summed E-state index contributed by atoms with van der Waals surface area (Å²) in [5, 5.41) is 9.03. The van der Waals surface area contributed by atoms with Crippen molar-refractivity contribution in [2.24, 2.45) is 0 Å². The average molecular weight is 957 g/mol. The molecule has 340 valence electrons. The number of hydrogen-bond donors (Lipinski definition) is 4. The van der Waals surface area contributed by atoms with Crippen LogP contribution in [0.3, 0.4) is 0 Å². The zero-order valence-electron chi connectivity index (χ0n) is 35.4. The van der Waals surface area contributed by atoms with Crippen LogP contribution >= 0.6 is 11.8 Å². The average Bonchev–Trinajstić information content (AvgIpc) is 3.72. The van der Waals surface area contributed by atoms with E-state index in [1.807, 2.05) is 67.7 Å². The highest BCUT2D eigenvalue weighted by Crippen LogP contribution is 2.49. The summed E-state index contributed by atoms with van der Waals surface area (Å²) in [4.78, 5) is 13.7. The summed E-state index contributed by atoms with van der Waals surface area (Å²) in [6, 6.07) is 9.03. The number of hydrogen-bond acceptors (Lipinski definition) is 11. The summed E-state index contributed by atoms with van der Waals surface area (Å²) >= 11 is 1.55. The zero-order valence-corrected chi connectivity index (χ0v) is 39.5. The van der Waals surface area contributed by atoms with Gasteiger partial charge in [0, 0.05) is 72.4 Å². The van der Waals surface area contributed by atoms with Gasteiger partial charge in [-0.05, 0) is 98.9 Å². The number of rotatable bonds is 19. The molecular weight excluding hydrogens is 903 g/mol. The van der Waals surface area contributed by atoms with Gasteiger partial charge in [-0.3, -0.25) is 18.5 Å². The van der Waals surface area contributed by atoms with Gasteiger partial charge >= 0.3 is 5.97 Å². The minimum Gasteiger partial charge on any atom is -0.481 e. The van der Waals surface area contributed by atoms with E-state index < -0.39 is 68.7 Å². The van der Waals surface area contributed by atoms with E-state index in [-0.39, 0.29) is 55.1 Å². The Hall–Kier alpha value is -3.67. The van der Waals surface area contributed by atoms with Crippen molar-refractivity contribution in [3.05, 3.63) is 93.6 Å². The molecule has 2 aromatic carbocycles. The summed E-state index contributed by atoms with van der Waals surface area (Å²) in [5.74, 6) is -1.97. The molecule has 0 fully saturated rings. The minimum absolute atomic E-state index is 0.00994. The van der Waals surface area contributed by atoms with Crippen LogP contribution in [0.4, 0.5) is 11.4 Å². The van der Waals surface area contributed by atoms with Gasteiger partial charge in [-0.1, -0.05) is 26.0 Å². The van der Waals surface area contributed by atoms with Crippen molar-refractivity contribution in [2.75, 3.05) is 49.3 Å². The van der Waals surface area contributed by atoms with Crippen LogP contribution < -0.4 is 4.90 Å². The Bertz CT molecular complexity index is 2750. The SMILES string of the molecule is CSC1=C(C=CC2=[N+](CCCS(=O)(=O)O)c3ccc(S(=O)(=O)N(C)CCCC(=O)O)cc3C2(C)C)CCC1=CC=C1N(CCCS(=O)(=O)O)c2ccc(S(=O)(=O)O)cc2C1(C)C. The van der Waals surface area contributed by atoms with Crippen molar-refractivity contribution in [2.45, 2.75) is 86.8 Å². The Kier molecular flexibility index (Phi) is 14.7. The van der Waals surface area contributed by atoms with Crippen LogP contribution in [0.5, 0.6) is 0 Å². The molecule has 0 amide bonds. The van der Waals surface area contributed by atoms with E-state index in [0.29, 0.717) is 35.3 Å². The molecule has 3 aliphatic rings. The van der Waals surface area contributed by atoms with Crippen LogP contribution in [0.1, 0.15) is 77.3 Å². The summed E-state index contributed by atoms with van der Waals surface area (Å²) < 4.78 is 130. The number of anilines is 1. The lowest BCUT2D eigenvalue weighted by molar-refractivity contribution is -0.437. The molecule has 2 aromatic rings. The topological polar surface area (TPSA) is 244 Å². The number of nitrogens with zero attached hydrogens (tertiary/aromatic N) is 3. The third-order valence-electron chi connectivity index (χ3n) is 11.5. The van der Waals surface area contributed by atoms with E-state index in [0.717, 1.165) is 31.8 Å². The van der Waals surface area contributed by atoms with Crippen LogP contribution in [0.15, 0.2) is 92.2 Å². The van der Waals surface area contributed by atoms with Crippen molar-refractivity contribution in [3.63, 3.8) is 0 Å². The Balaban J connectivity index is 1.52. The van der Waals surface area contributed by atoms with Gasteiger partial charge in [0.05, 0.1) is 26.7 Å². The molecule has 0 unspecified atom stereocenters. The Morgan fingerprint density at radius 3 is 2.06 bits per heavy atom. The highest BCUT2D eigenvalue weighted by molar-refractivity contribution is 8.02. The summed E-state index contributed by atoms with van der Waals surface area (Å²) in [5.41, 5.74) is 4.64. The van der Waals surface area contributed by atoms with E-state index in [1.165, 1.54) is 25.2 Å². The first-order valence-corrected chi connectivity index (χ1v) is 27.1. The van der Waals surface area contributed by atoms with Crippen molar-refractivity contribution in [3.8, 4) is 0 Å². The summed E-state index contributed by atoms with van der Waals surface area (Å²) in [7, 11) is -15.6. The third kappa shape index (κ3) is 11.0. The molecular formula is C41H54N3O13S5+. The zero-order chi connectivity index (χ0) is 46.2. The maximum Gasteiger partial charge on any atom is 0.303 e. The lowest BCUT2D eigenvalue weighted by Gasteiger charge is -2.27. The first kappa shape index (κ1) is 49.3. The minimum atomic E-state index is -4.51. The molecule has 4 N–H and O–H groups in total. The van der Waals surface area contributed by atoms with Crippen LogP contribution in [-0.4, -0.2) is 117 Å². The molecule has 0 spiro atoms. The molecule has 1 aliphatic carbocycles. The van der Waals surface area contributed by atoms with Gasteiger partial charge in [0.1, 0.15) is 6.54 Å². The van der Waals surface area contributed by atoms with Crippen LogP contribution in [0.25, 0.3) is 0 Å². The van der Waals surface area contributed by atoms with Crippen molar-refractivity contribution >= 4 is 75.2 Å². The molecule has 0 bridgehead atoms. The largest absolute Gasteiger partial charge is 0.481 e. The van der Waals surface area contributed by atoms with E-state index in [2.05, 4.69) is 0 Å². The van der Waals surface area contributed by atoms with E-state index in [9.17, 15) is 52.1 Å². The molecule has 0 atom stereocenters. The summed E-state index contributed by atoms with van der Waals surface area (Å²) in [6.45, 7) is 8.11.